The number of allylic oxidation sites excluding steroid dienone is 1. The third-order valence-corrected chi connectivity index (χ3v) is 1.84. The molecule has 0 aliphatic heterocycles. The first kappa shape index (κ1) is 10.6. The van der Waals surface area contributed by atoms with E-state index in [4.69, 9.17) is 0 Å². The van der Waals surface area contributed by atoms with Gasteiger partial charge in [0, 0.05) is 12.6 Å². The predicted molar refractivity (Wildman–Crippen MR) is 55.1 cm³/mol. The van der Waals surface area contributed by atoms with Crippen LogP contribution in [-0.2, 0) is 0 Å². The van der Waals surface area contributed by atoms with Crippen LogP contribution in [0.25, 0.3) is 0 Å². The highest BCUT2D eigenvalue weighted by atomic mass is 16.1. The maximum absolute atomic E-state index is 11.6. The number of hydrogen-bond donors (Lipinski definition) is 0. The van der Waals surface area contributed by atoms with Crippen LogP contribution in [0.2, 0.25) is 0 Å². The number of hydrogen-bond acceptors (Lipinski definition) is 3. The van der Waals surface area contributed by atoms with Gasteiger partial charge in [-0.05, 0) is 26.3 Å². The molecule has 3 heteroatoms. The van der Waals surface area contributed by atoms with Gasteiger partial charge in [0.15, 0.2) is 5.78 Å². The van der Waals surface area contributed by atoms with Crippen LogP contribution in [0.4, 0.5) is 0 Å². The number of Topliss-reactive ketones (excluding diaryl/α,β-unsaturated/α-hetero) is 1. The summed E-state index contributed by atoms with van der Waals surface area (Å²) in [5.41, 5.74) is 1.52. The Morgan fingerprint density at radius 2 is 2.21 bits per heavy atom. The van der Waals surface area contributed by atoms with Crippen LogP contribution in [0.1, 0.15) is 36.1 Å². The molecule has 0 radical (unpaired) electrons. The summed E-state index contributed by atoms with van der Waals surface area (Å²) < 4.78 is 0. The summed E-state index contributed by atoms with van der Waals surface area (Å²) in [6, 6.07) is 1.65. The first-order chi connectivity index (χ1) is 6.59. The molecule has 0 spiro atoms. The van der Waals surface area contributed by atoms with E-state index in [1.54, 1.807) is 19.2 Å². The molecular formula is C11H14N2O. The molecule has 0 bridgehead atoms. The van der Waals surface area contributed by atoms with E-state index in [2.05, 4.69) is 16.5 Å². The highest BCUT2D eigenvalue weighted by Gasteiger charge is 2.07. The fourth-order valence-electron chi connectivity index (χ4n) is 1.07. The summed E-state index contributed by atoms with van der Waals surface area (Å²) in [4.78, 5) is 19.6. The number of carbonyl (C=O) groups excluding carboxylic acids is 1. The molecular weight excluding hydrogens is 176 g/mol. The van der Waals surface area contributed by atoms with Crippen molar-refractivity contribution in [3.05, 3.63) is 35.9 Å². The SMILES string of the molecule is C=C(C)CCC(=O)c1ccnc(C)n1. The van der Waals surface area contributed by atoms with Gasteiger partial charge < -0.3 is 0 Å². The largest absolute Gasteiger partial charge is 0.292 e. The van der Waals surface area contributed by atoms with E-state index < -0.39 is 0 Å². The summed E-state index contributed by atoms with van der Waals surface area (Å²) >= 11 is 0. The second kappa shape index (κ2) is 4.65. The number of carbonyl (C=O) groups is 1. The first-order valence-corrected chi connectivity index (χ1v) is 4.57. The number of ketones is 1. The molecule has 14 heavy (non-hydrogen) atoms. The molecule has 3 nitrogen and oxygen atoms in total. The highest BCUT2D eigenvalue weighted by molar-refractivity contribution is 5.94. The Kier molecular flexibility index (Phi) is 3.51. The molecule has 0 atom stereocenters. The lowest BCUT2D eigenvalue weighted by molar-refractivity contribution is 0.0977. The van der Waals surface area contributed by atoms with Crippen LogP contribution < -0.4 is 0 Å². The molecule has 0 amide bonds. The van der Waals surface area contributed by atoms with Gasteiger partial charge in [-0.25, -0.2) is 9.97 Å². The molecule has 0 aliphatic carbocycles. The van der Waals surface area contributed by atoms with E-state index in [1.807, 2.05) is 6.92 Å². The van der Waals surface area contributed by atoms with Crippen LogP contribution in [0.15, 0.2) is 24.4 Å². The lowest BCUT2D eigenvalue weighted by Crippen LogP contribution is -2.04. The second-order valence-corrected chi connectivity index (χ2v) is 3.37. The highest BCUT2D eigenvalue weighted by Crippen LogP contribution is 2.06. The monoisotopic (exact) mass is 190 g/mol. The van der Waals surface area contributed by atoms with Gasteiger partial charge in [0.25, 0.3) is 0 Å². The zero-order chi connectivity index (χ0) is 10.6. The fraction of sp³-hybridized carbons (Fsp3) is 0.364. The first-order valence-electron chi connectivity index (χ1n) is 4.57. The standard InChI is InChI=1S/C11H14N2O/c1-8(2)4-5-11(14)10-6-7-12-9(3)13-10/h6-7H,1,4-5H2,2-3H3. The van der Waals surface area contributed by atoms with E-state index in [1.165, 1.54) is 0 Å². The minimum atomic E-state index is 0.0542. The molecule has 0 N–H and O–H groups in total. The van der Waals surface area contributed by atoms with Crippen molar-refractivity contribution in [1.82, 2.24) is 9.97 Å². The molecule has 0 saturated heterocycles. The van der Waals surface area contributed by atoms with Crippen molar-refractivity contribution in [1.29, 1.82) is 0 Å². The smallest absolute Gasteiger partial charge is 0.181 e. The fourth-order valence-corrected chi connectivity index (χ4v) is 1.07. The van der Waals surface area contributed by atoms with Crippen LogP contribution in [0.3, 0.4) is 0 Å². The van der Waals surface area contributed by atoms with Crippen molar-refractivity contribution in [3.8, 4) is 0 Å². The van der Waals surface area contributed by atoms with Gasteiger partial charge in [0.2, 0.25) is 0 Å². The minimum Gasteiger partial charge on any atom is -0.292 e. The van der Waals surface area contributed by atoms with Crippen LogP contribution in [0.5, 0.6) is 0 Å². The molecule has 1 aromatic rings. The van der Waals surface area contributed by atoms with E-state index in [-0.39, 0.29) is 5.78 Å². The molecule has 0 unspecified atom stereocenters. The van der Waals surface area contributed by atoms with Gasteiger partial charge in [0.1, 0.15) is 11.5 Å². The van der Waals surface area contributed by atoms with Gasteiger partial charge in [-0.2, -0.15) is 0 Å². The van der Waals surface area contributed by atoms with Crippen molar-refractivity contribution in [2.24, 2.45) is 0 Å². The second-order valence-electron chi connectivity index (χ2n) is 3.37. The summed E-state index contributed by atoms with van der Waals surface area (Å²) in [7, 11) is 0. The van der Waals surface area contributed by atoms with Crippen molar-refractivity contribution < 1.29 is 4.79 Å². The maximum Gasteiger partial charge on any atom is 0.181 e. The van der Waals surface area contributed by atoms with E-state index in [9.17, 15) is 4.79 Å². The van der Waals surface area contributed by atoms with Crippen molar-refractivity contribution in [2.75, 3.05) is 0 Å². The Labute approximate surface area is 83.9 Å². The average molecular weight is 190 g/mol. The normalized spacial score (nSPS) is 9.86. The molecule has 1 rings (SSSR count). The lowest BCUT2D eigenvalue weighted by atomic mass is 10.1. The van der Waals surface area contributed by atoms with Crippen LogP contribution in [-0.4, -0.2) is 15.8 Å². The molecule has 0 aromatic carbocycles. The Balaban J connectivity index is 2.65. The summed E-state index contributed by atoms with van der Waals surface area (Å²) in [6.07, 6.45) is 2.81. The van der Waals surface area contributed by atoms with Gasteiger partial charge in [-0.15, -0.1) is 6.58 Å². The molecule has 0 saturated carbocycles. The average Bonchev–Trinajstić information content (AvgIpc) is 2.14. The molecule has 1 heterocycles. The topological polar surface area (TPSA) is 42.9 Å². The molecule has 1 aromatic heterocycles. The zero-order valence-corrected chi connectivity index (χ0v) is 8.58. The maximum atomic E-state index is 11.6. The third-order valence-electron chi connectivity index (χ3n) is 1.84. The summed E-state index contributed by atoms with van der Waals surface area (Å²) in [6.45, 7) is 7.44. The lowest BCUT2D eigenvalue weighted by Gasteiger charge is -2.00. The third kappa shape index (κ3) is 3.09. The zero-order valence-electron chi connectivity index (χ0n) is 8.58. The molecule has 0 fully saturated rings. The van der Waals surface area contributed by atoms with Crippen molar-refractivity contribution in [2.45, 2.75) is 26.7 Å². The van der Waals surface area contributed by atoms with E-state index in [0.717, 1.165) is 12.0 Å². The quantitative estimate of drug-likeness (QED) is 0.540. The Morgan fingerprint density at radius 3 is 2.79 bits per heavy atom. The minimum absolute atomic E-state index is 0.0542. The number of aryl methyl sites for hydroxylation is 1. The van der Waals surface area contributed by atoms with E-state index >= 15 is 0 Å². The Hall–Kier alpha value is -1.51. The van der Waals surface area contributed by atoms with Crippen LogP contribution >= 0.6 is 0 Å². The Bertz CT molecular complexity index is 358. The van der Waals surface area contributed by atoms with Crippen molar-refractivity contribution in [3.63, 3.8) is 0 Å². The summed E-state index contributed by atoms with van der Waals surface area (Å²) in [5.74, 6) is 0.685. The number of nitrogens with zero attached hydrogens (tertiary/aromatic N) is 2. The molecule has 74 valence electrons. The predicted octanol–water partition coefficient (Wildman–Crippen LogP) is 2.32. The van der Waals surface area contributed by atoms with Gasteiger partial charge in [0.05, 0.1) is 0 Å². The number of aromatic nitrogens is 2. The van der Waals surface area contributed by atoms with Gasteiger partial charge in [-0.3, -0.25) is 4.79 Å². The summed E-state index contributed by atoms with van der Waals surface area (Å²) in [5, 5.41) is 0. The van der Waals surface area contributed by atoms with Gasteiger partial charge >= 0.3 is 0 Å². The molecule has 0 aliphatic rings. The Morgan fingerprint density at radius 1 is 1.50 bits per heavy atom. The van der Waals surface area contributed by atoms with E-state index in [0.29, 0.717) is 17.9 Å². The van der Waals surface area contributed by atoms with Gasteiger partial charge in [-0.1, -0.05) is 5.57 Å². The number of rotatable bonds is 4. The van der Waals surface area contributed by atoms with Crippen LogP contribution in [0, 0.1) is 6.92 Å². The van der Waals surface area contributed by atoms with Crippen molar-refractivity contribution >= 4 is 5.78 Å².